The SMILES string of the molecule is C=S(=C)(CCCCCCCCC)CC(=O)N[C@H]1CCOC1=O.CCCCCCCCCS(=O)(=O)CC(=O)N[C@H]1CCOC1=O.CCCCCCCCC[S+](C)CC(=O)N[C@H]1CCOC1=O.CCCCCCCCC[S+](C)CC(=O)N[C@H]1CCOC1=O.CCCCCCCCNS(=O)(=O)CC(=O)N[C@H]1CCCC1=O.CCCCCCCSCC(=O)N[C@H]1CCOC1=O. The van der Waals surface area contributed by atoms with Crippen molar-refractivity contribution in [2.75, 3.05) is 115 Å². The number of esters is 5. The van der Waals surface area contributed by atoms with E-state index in [9.17, 15) is 74.4 Å². The molecule has 6 amide bonds. The van der Waals surface area contributed by atoms with E-state index in [0.29, 0.717) is 107 Å². The molecule has 0 spiro atoms. The Morgan fingerprint density at radius 2 is 0.643 bits per heavy atom. The summed E-state index contributed by atoms with van der Waals surface area (Å²) < 4.78 is 73.7. The molecule has 0 radical (unpaired) electrons. The van der Waals surface area contributed by atoms with Crippen LogP contribution in [-0.4, -0.2) is 251 Å². The molecule has 1 saturated carbocycles. The van der Waals surface area contributed by atoms with Gasteiger partial charge in [-0.1, -0.05) is 252 Å². The molecule has 0 aromatic rings. The lowest BCUT2D eigenvalue weighted by Crippen LogP contribution is -2.43. The number of carbonyl (C=O) groups is 12. The summed E-state index contributed by atoms with van der Waals surface area (Å²) in [5.41, 5.74) is 0. The predicted molar refractivity (Wildman–Crippen MR) is 518 cm³/mol. The minimum Gasteiger partial charge on any atom is -0.464 e. The van der Waals surface area contributed by atoms with Crippen LogP contribution >= 0.6 is 21.0 Å². The number of thioether (sulfide) groups is 1. The molecule has 126 heavy (non-hydrogen) atoms. The molecule has 6 rings (SSSR count). The summed E-state index contributed by atoms with van der Waals surface area (Å²) in [7, 11) is -8.18. The lowest BCUT2D eigenvalue weighted by Gasteiger charge is -2.15. The van der Waals surface area contributed by atoms with Gasteiger partial charge in [0.05, 0.1) is 68.8 Å². The molecule has 1 aliphatic carbocycles. The van der Waals surface area contributed by atoms with E-state index in [2.05, 4.69) is 102 Å². The van der Waals surface area contributed by atoms with Gasteiger partial charge in [-0.15, -0.1) is 0 Å². The van der Waals surface area contributed by atoms with Gasteiger partial charge in [0.1, 0.15) is 53.2 Å². The lowest BCUT2D eigenvalue weighted by molar-refractivity contribution is -0.141. The quantitative estimate of drug-likeness (QED) is 0.00977. The second-order valence-electron chi connectivity index (χ2n) is 34.2. The summed E-state index contributed by atoms with van der Waals surface area (Å²) in [4.78, 5) is 138. The zero-order valence-electron chi connectivity index (χ0n) is 78.7. The number of cyclic esters (lactones) is 5. The van der Waals surface area contributed by atoms with Crippen molar-refractivity contribution in [3.63, 3.8) is 0 Å². The summed E-state index contributed by atoms with van der Waals surface area (Å²) in [5, 5.41) is 15.9. The molecule has 8 atom stereocenters. The lowest BCUT2D eigenvalue weighted by atomic mass is 10.1. The van der Waals surface area contributed by atoms with Crippen molar-refractivity contribution in [3.05, 3.63) is 0 Å². The highest BCUT2D eigenvalue weighted by Gasteiger charge is 2.34. The monoisotopic (exact) mass is 1900 g/mol. The number of unbranched alkanes of at least 4 members (excludes halogenated alkanes) is 33. The van der Waals surface area contributed by atoms with Crippen molar-refractivity contribution < 1.29 is 98.1 Å². The highest BCUT2D eigenvalue weighted by molar-refractivity contribution is 8.28. The van der Waals surface area contributed by atoms with Crippen LogP contribution in [-0.2, 0) is 123 Å². The van der Waals surface area contributed by atoms with E-state index in [4.69, 9.17) is 23.7 Å². The fourth-order valence-electron chi connectivity index (χ4n) is 14.3. The fourth-order valence-corrected chi connectivity index (χ4v) is 21.7. The van der Waals surface area contributed by atoms with Gasteiger partial charge >= 0.3 is 29.8 Å². The number of nitrogens with one attached hydrogen (secondary N) is 7. The highest BCUT2D eigenvalue weighted by atomic mass is 32.2. The maximum atomic E-state index is 12.0. The summed E-state index contributed by atoms with van der Waals surface area (Å²) >= 11 is 1.64. The summed E-state index contributed by atoms with van der Waals surface area (Å²) in [6, 6.07) is -2.90. The highest BCUT2D eigenvalue weighted by Crippen LogP contribution is 2.23. The molecule has 6 fully saturated rings. The average molecular weight is 1900 g/mol. The first-order valence-corrected chi connectivity index (χ1v) is 58.7. The molecule has 732 valence electrons. The molecule has 5 aliphatic heterocycles. The smallest absolute Gasteiger partial charge is 0.328 e. The van der Waals surface area contributed by atoms with Crippen molar-refractivity contribution in [2.45, 2.75) is 380 Å². The van der Waals surface area contributed by atoms with E-state index in [1.165, 1.54) is 199 Å². The number of carbonyl (C=O) groups excluding carboxylic acids is 12. The average Bonchev–Trinajstić information content (AvgIpc) is 1.79. The number of amides is 6. The number of hydrogen-bond acceptors (Lipinski definition) is 22. The summed E-state index contributed by atoms with van der Waals surface area (Å²) in [6.45, 7) is 15.5. The van der Waals surface area contributed by atoms with E-state index < -0.39 is 94.6 Å². The third-order valence-corrected chi connectivity index (χ3v) is 31.2. The molecule has 5 saturated heterocycles. The maximum absolute atomic E-state index is 12.0. The van der Waals surface area contributed by atoms with Gasteiger partial charge in [-0.2, -0.15) is 11.8 Å². The number of ketones is 1. The molecule has 0 aromatic heterocycles. The molecule has 2 unspecified atom stereocenters. The Balaban J connectivity index is 0.000000757. The van der Waals surface area contributed by atoms with E-state index in [-0.39, 0.29) is 87.4 Å². The van der Waals surface area contributed by atoms with E-state index in [1.54, 1.807) is 11.8 Å². The van der Waals surface area contributed by atoms with Gasteiger partial charge < -0.3 is 55.6 Å². The Labute approximate surface area is 769 Å². The second kappa shape index (κ2) is 75.4. The Morgan fingerprint density at radius 3 is 0.984 bits per heavy atom. The van der Waals surface area contributed by atoms with E-state index in [0.717, 1.165) is 74.4 Å². The van der Waals surface area contributed by atoms with Crippen LogP contribution in [0.15, 0.2) is 0 Å². The Kier molecular flexibility index (Phi) is 71.1. The topological polar surface area (TPSA) is 403 Å². The van der Waals surface area contributed by atoms with Gasteiger partial charge in [0, 0.05) is 45.1 Å². The first kappa shape index (κ1) is 119. The molecule has 0 aromatic carbocycles. The summed E-state index contributed by atoms with van der Waals surface area (Å²) in [6.07, 6.45) is 56.0. The molecule has 34 heteroatoms. The van der Waals surface area contributed by atoms with Gasteiger partial charge in [0.25, 0.3) is 11.8 Å². The number of sulfone groups is 1. The van der Waals surface area contributed by atoms with Gasteiger partial charge in [0.2, 0.25) is 33.7 Å². The number of rotatable bonds is 64. The van der Waals surface area contributed by atoms with E-state index >= 15 is 0 Å². The molecular weight excluding hydrogens is 1730 g/mol. The van der Waals surface area contributed by atoms with Crippen molar-refractivity contribution in [1.82, 2.24) is 36.6 Å². The van der Waals surface area contributed by atoms with Gasteiger partial charge in [-0.05, 0) is 97.5 Å². The molecule has 6 aliphatic rings. The summed E-state index contributed by atoms with van der Waals surface area (Å²) in [5.74, 6) is 10.1. The van der Waals surface area contributed by atoms with Crippen LogP contribution in [0.3, 0.4) is 0 Å². The van der Waals surface area contributed by atoms with Crippen LogP contribution < -0.4 is 36.6 Å². The van der Waals surface area contributed by atoms with Crippen molar-refractivity contribution in [3.8, 4) is 0 Å². The molecule has 28 nitrogen and oxygen atoms in total. The van der Waals surface area contributed by atoms with Crippen LogP contribution in [0.4, 0.5) is 0 Å². The van der Waals surface area contributed by atoms with Crippen LogP contribution in [0, 0.1) is 0 Å². The number of sulfonamides is 1. The van der Waals surface area contributed by atoms with Crippen LogP contribution in [0.25, 0.3) is 0 Å². The minimum absolute atomic E-state index is 0.00682. The molecular formula is C92H169N7O21S6+2. The largest absolute Gasteiger partial charge is 0.464 e. The van der Waals surface area contributed by atoms with E-state index in [1.807, 2.05) is 0 Å². The van der Waals surface area contributed by atoms with Crippen molar-refractivity contribution in [2.24, 2.45) is 0 Å². The number of ether oxygens (including phenoxy) is 5. The third-order valence-electron chi connectivity index (χ3n) is 21.8. The van der Waals surface area contributed by atoms with Gasteiger partial charge in [-0.3, -0.25) is 33.6 Å². The molecule has 5 heterocycles. The molecule has 0 bridgehead atoms. The maximum Gasteiger partial charge on any atom is 0.328 e. The van der Waals surface area contributed by atoms with Crippen LogP contribution in [0.5, 0.6) is 0 Å². The van der Waals surface area contributed by atoms with Crippen molar-refractivity contribution >= 4 is 145 Å². The number of hydrogen-bond donors (Lipinski definition) is 7. The van der Waals surface area contributed by atoms with Crippen molar-refractivity contribution in [1.29, 1.82) is 0 Å². The van der Waals surface area contributed by atoms with Gasteiger partial charge in [0.15, 0.2) is 27.1 Å². The standard InChI is InChI=1S/C17H31NO3S.2C16H29NO3S.C15H28N2O4S.C15H27NO5S.C13H23NO3S/c1-4-5-6-7-8-9-10-13-22(2,3)14-16(19)18-15-11-12-21-17(15)20;2*1-3-4-5-6-7-8-9-12-21(2)13-15(18)17-14-10-11-20-16(14)19;1-2-3-4-5-6-7-11-16-22(20,21)12-15(19)17-13-9-8-10-14(13)18;1-2-3-4-5-6-7-8-11-22(19,20)12-14(17)16-13-9-10-21-15(13)18;1-2-3-4-5-6-9-18-10-12(15)14-11-7-8-17-13(11)16/h15H,2-14H2,1H3,(H,18,19);2*14H,3-13H2,1-2H3;13,16H,2-12H2,1H3,(H,17,19);13H,2-12H2,1H3,(H,16,17);11H,2-10H2,1H3,(H,14,15)/p+2/t15-;2*14-,21?;2*13-;11-/m000000/s1. The van der Waals surface area contributed by atoms with Crippen LogP contribution in [0.2, 0.25) is 0 Å². The normalized spacial score (nSPS) is 18.7. The Morgan fingerprint density at radius 1 is 0.349 bits per heavy atom. The third kappa shape index (κ3) is 65.4. The second-order valence-corrected chi connectivity index (χ2v) is 46.9. The minimum atomic E-state index is -3.61. The molecule has 7 N–H and O–H groups in total. The first-order chi connectivity index (χ1) is 60.3. The number of Topliss-reactive ketones (excluding diaryl/α,β-unsaturated/α-hetero) is 1. The Bertz CT molecular complexity index is 3150. The predicted octanol–water partition coefficient (Wildman–Crippen LogP) is 12.9. The zero-order valence-corrected chi connectivity index (χ0v) is 83.6. The first-order valence-electron chi connectivity index (χ1n) is 47.8. The fraction of sp³-hybridized carbons (Fsp3) is 0.848. The Hall–Kier alpha value is -5.16. The zero-order chi connectivity index (χ0) is 93.5. The van der Waals surface area contributed by atoms with Gasteiger partial charge in [-0.25, -0.2) is 54.7 Å². The van der Waals surface area contributed by atoms with Crippen LogP contribution in [0.1, 0.15) is 343 Å².